The van der Waals surface area contributed by atoms with E-state index in [0.29, 0.717) is 11.8 Å². The van der Waals surface area contributed by atoms with E-state index in [-0.39, 0.29) is 0 Å². The smallest absolute Gasteiger partial charge is 0.138 e. The van der Waals surface area contributed by atoms with Gasteiger partial charge in [-0.2, -0.15) is 10.1 Å². The second-order valence-corrected chi connectivity index (χ2v) is 18.0. The lowest BCUT2D eigenvalue weighted by atomic mass is 9.67. The molecular weight excluding hydrogens is 793 g/mol. The Morgan fingerprint density at radius 2 is 1.03 bits per heavy atom. The molecule has 0 fully saturated rings. The fourth-order valence-corrected chi connectivity index (χ4v) is 10.8. The Morgan fingerprint density at radius 3 is 1.74 bits per heavy atom. The summed E-state index contributed by atoms with van der Waals surface area (Å²) in [6.45, 7) is 9.17. The number of para-hydroxylation sites is 4. The van der Waals surface area contributed by atoms with E-state index >= 15 is 0 Å². The van der Waals surface area contributed by atoms with E-state index in [0.717, 1.165) is 45.2 Å². The largest absolute Gasteiger partial charge is 0.294 e. The SMILES string of the molecule is CC(C)c1cccc(C(C)C)c1-c1ccnc(-n2c3ccccc3c3ccc(C4(c5cccc(N6ON(c7ccccc7)c7ccccc76)c5)c5ccccc5-c5ccccc54)cc32)c1. The summed E-state index contributed by atoms with van der Waals surface area (Å²) in [6, 6.07) is 72.7. The molecule has 8 aromatic carbocycles. The van der Waals surface area contributed by atoms with Gasteiger partial charge in [0.1, 0.15) is 5.82 Å². The number of benzene rings is 8. The number of aromatic nitrogens is 2. The lowest BCUT2D eigenvalue weighted by Crippen LogP contribution is -2.29. The summed E-state index contributed by atoms with van der Waals surface area (Å²) in [6.07, 6.45) is 1.99. The normalized spacial score (nSPS) is 13.8. The van der Waals surface area contributed by atoms with Gasteiger partial charge in [-0.25, -0.2) is 4.98 Å². The molecule has 10 aromatic rings. The molecule has 2 aliphatic rings. The summed E-state index contributed by atoms with van der Waals surface area (Å²) in [4.78, 5) is 12.0. The fourth-order valence-electron chi connectivity index (χ4n) is 10.8. The third-order valence-corrected chi connectivity index (χ3v) is 13.7. The maximum atomic E-state index is 6.79. The zero-order valence-electron chi connectivity index (χ0n) is 37.0. The number of hydrogen-bond donors (Lipinski definition) is 0. The molecule has 3 heterocycles. The summed E-state index contributed by atoms with van der Waals surface area (Å²) in [5.74, 6) is 1.64. The highest BCUT2D eigenvalue weighted by atomic mass is 16.8. The van der Waals surface area contributed by atoms with Crippen molar-refractivity contribution >= 4 is 44.6 Å². The maximum Gasteiger partial charge on any atom is 0.138 e. The minimum absolute atomic E-state index is 0.373. The van der Waals surface area contributed by atoms with Crippen molar-refractivity contribution in [3.63, 3.8) is 0 Å². The lowest BCUT2D eigenvalue weighted by molar-refractivity contribution is 0.156. The third kappa shape index (κ3) is 5.92. The van der Waals surface area contributed by atoms with Crippen molar-refractivity contribution in [2.75, 3.05) is 10.1 Å². The molecule has 0 radical (unpaired) electrons. The van der Waals surface area contributed by atoms with Gasteiger partial charge in [-0.15, -0.1) is 4.94 Å². The standard InChI is InChI=1S/C60H48N4O/c1-39(2)46-25-17-26-47(40(3)4)59(46)41-34-35-61-58(36-41)62-54-29-13-10-24-50(54)51-33-32-43(38-57(51)62)60(52-27-11-8-22-48(52)49-23-9-12-28-53(49)60)42-18-16-21-45(37-42)64-56-31-15-14-30-55(56)63(65-64)44-19-6-5-7-20-44/h5-40H,1-4H3. The minimum Gasteiger partial charge on any atom is -0.294 e. The average Bonchev–Trinajstić information content (AvgIpc) is 4.01. The molecule has 1 aliphatic carbocycles. The van der Waals surface area contributed by atoms with Crippen LogP contribution in [0.5, 0.6) is 0 Å². The molecule has 314 valence electrons. The topological polar surface area (TPSA) is 33.5 Å². The summed E-state index contributed by atoms with van der Waals surface area (Å²) in [5.41, 5.74) is 18.0. The van der Waals surface area contributed by atoms with Crippen LogP contribution in [-0.4, -0.2) is 9.55 Å². The van der Waals surface area contributed by atoms with Crippen molar-refractivity contribution < 1.29 is 4.94 Å². The van der Waals surface area contributed by atoms with Gasteiger partial charge in [-0.05, 0) is 128 Å². The molecule has 0 saturated heterocycles. The maximum absolute atomic E-state index is 6.79. The van der Waals surface area contributed by atoms with Crippen LogP contribution in [0.3, 0.4) is 0 Å². The third-order valence-electron chi connectivity index (χ3n) is 13.7. The van der Waals surface area contributed by atoms with Crippen LogP contribution in [0.1, 0.15) is 72.9 Å². The van der Waals surface area contributed by atoms with Crippen molar-refractivity contribution in [3.05, 3.63) is 240 Å². The first-order valence-electron chi connectivity index (χ1n) is 22.8. The van der Waals surface area contributed by atoms with E-state index in [4.69, 9.17) is 9.92 Å². The molecular formula is C60H48N4O. The van der Waals surface area contributed by atoms with Crippen LogP contribution >= 0.6 is 0 Å². The number of nitrogens with zero attached hydrogens (tertiary/aromatic N) is 4. The number of anilines is 4. The molecule has 65 heavy (non-hydrogen) atoms. The molecule has 0 spiro atoms. The Morgan fingerprint density at radius 1 is 0.462 bits per heavy atom. The van der Waals surface area contributed by atoms with Crippen LogP contribution in [-0.2, 0) is 10.4 Å². The minimum atomic E-state index is -0.672. The Kier molecular flexibility index (Phi) is 9.11. The molecule has 1 aliphatic heterocycles. The van der Waals surface area contributed by atoms with Gasteiger partial charge in [-0.1, -0.05) is 167 Å². The zero-order valence-corrected chi connectivity index (χ0v) is 37.0. The highest BCUT2D eigenvalue weighted by Crippen LogP contribution is 2.57. The van der Waals surface area contributed by atoms with E-state index in [2.05, 4.69) is 214 Å². The van der Waals surface area contributed by atoms with Gasteiger partial charge in [0.2, 0.25) is 0 Å². The summed E-state index contributed by atoms with van der Waals surface area (Å²) in [7, 11) is 0. The van der Waals surface area contributed by atoms with Gasteiger partial charge in [0.15, 0.2) is 0 Å². The van der Waals surface area contributed by atoms with Crippen LogP contribution in [0, 0.1) is 0 Å². The van der Waals surface area contributed by atoms with Gasteiger partial charge >= 0.3 is 0 Å². The van der Waals surface area contributed by atoms with Crippen molar-refractivity contribution in [2.45, 2.75) is 44.9 Å². The summed E-state index contributed by atoms with van der Waals surface area (Å²) in [5, 5.41) is 6.27. The van der Waals surface area contributed by atoms with Crippen LogP contribution in [0.4, 0.5) is 22.7 Å². The highest BCUT2D eigenvalue weighted by molar-refractivity contribution is 6.09. The predicted molar refractivity (Wildman–Crippen MR) is 268 cm³/mol. The molecule has 0 atom stereocenters. The van der Waals surface area contributed by atoms with E-state index in [1.807, 2.05) is 34.5 Å². The van der Waals surface area contributed by atoms with Crippen molar-refractivity contribution in [1.29, 1.82) is 0 Å². The monoisotopic (exact) mass is 840 g/mol. The predicted octanol–water partition coefficient (Wildman–Crippen LogP) is 15.6. The van der Waals surface area contributed by atoms with E-state index in [9.17, 15) is 0 Å². The molecule has 0 unspecified atom stereocenters. The fraction of sp³-hybridized carbons (Fsp3) is 0.117. The first-order valence-corrected chi connectivity index (χ1v) is 22.8. The van der Waals surface area contributed by atoms with Gasteiger partial charge in [-0.3, -0.25) is 4.57 Å². The quantitative estimate of drug-likeness (QED) is 0.153. The van der Waals surface area contributed by atoms with E-state index in [1.54, 1.807) is 0 Å². The van der Waals surface area contributed by atoms with Crippen molar-refractivity contribution in [2.24, 2.45) is 0 Å². The number of fused-ring (bicyclic) bond motifs is 7. The summed E-state index contributed by atoms with van der Waals surface area (Å²) >= 11 is 0. The van der Waals surface area contributed by atoms with Crippen LogP contribution in [0.25, 0.3) is 49.9 Å². The first-order chi connectivity index (χ1) is 31.9. The van der Waals surface area contributed by atoms with E-state index < -0.39 is 5.41 Å². The molecule has 0 N–H and O–H groups in total. The Labute approximate surface area is 380 Å². The van der Waals surface area contributed by atoms with Gasteiger partial charge in [0.25, 0.3) is 0 Å². The molecule has 5 nitrogen and oxygen atoms in total. The molecule has 0 saturated carbocycles. The second-order valence-electron chi connectivity index (χ2n) is 18.0. The van der Waals surface area contributed by atoms with Crippen LogP contribution < -0.4 is 10.1 Å². The van der Waals surface area contributed by atoms with Gasteiger partial charge < -0.3 is 0 Å². The van der Waals surface area contributed by atoms with E-state index in [1.165, 1.54) is 60.8 Å². The Bertz CT molecular complexity index is 3380. The molecule has 5 heteroatoms. The van der Waals surface area contributed by atoms with Crippen LogP contribution in [0.2, 0.25) is 0 Å². The van der Waals surface area contributed by atoms with Crippen molar-refractivity contribution in [3.8, 4) is 28.1 Å². The molecule has 0 amide bonds. The highest BCUT2D eigenvalue weighted by Gasteiger charge is 2.46. The van der Waals surface area contributed by atoms with Gasteiger partial charge in [0, 0.05) is 17.0 Å². The second kappa shape index (κ2) is 15.2. The number of rotatable bonds is 8. The molecule has 12 rings (SSSR count). The average molecular weight is 841 g/mol. The first kappa shape index (κ1) is 38.9. The van der Waals surface area contributed by atoms with Crippen LogP contribution in [0.15, 0.2) is 206 Å². The number of hydrogen-bond acceptors (Lipinski definition) is 4. The lowest BCUT2D eigenvalue weighted by Gasteiger charge is -2.34. The molecule has 0 bridgehead atoms. The summed E-state index contributed by atoms with van der Waals surface area (Å²) < 4.78 is 2.38. The number of pyridine rings is 1. The van der Waals surface area contributed by atoms with Crippen molar-refractivity contribution in [1.82, 2.24) is 9.55 Å². The Hall–Kier alpha value is -7.73. The zero-order chi connectivity index (χ0) is 43.8. The molecule has 2 aromatic heterocycles. The van der Waals surface area contributed by atoms with Gasteiger partial charge in [0.05, 0.1) is 39.2 Å². The Balaban J connectivity index is 1.09.